The Balaban J connectivity index is 2.55. The molecule has 0 aromatic heterocycles. The van der Waals surface area contributed by atoms with Gasteiger partial charge in [0.15, 0.2) is 0 Å². The maximum Gasteiger partial charge on any atom is 0.338 e. The van der Waals surface area contributed by atoms with Crippen molar-refractivity contribution in [2.75, 3.05) is 20.3 Å². The van der Waals surface area contributed by atoms with Crippen LogP contribution in [0.15, 0.2) is 24.3 Å². The normalized spacial score (nSPS) is 12.2. The molecule has 0 aliphatic rings. The van der Waals surface area contributed by atoms with E-state index in [1.54, 1.807) is 6.07 Å². The molecule has 2 N–H and O–H groups in total. The Kier molecular flexibility index (Phi) is 7.15. The summed E-state index contributed by atoms with van der Waals surface area (Å²) in [5.74, 6) is 0.162. The summed E-state index contributed by atoms with van der Waals surface area (Å²) in [7, 11) is 1.39. The van der Waals surface area contributed by atoms with Gasteiger partial charge in [-0.25, -0.2) is 4.79 Å². The highest BCUT2D eigenvalue weighted by Gasteiger charge is 2.11. The Labute approximate surface area is 114 Å². The van der Waals surface area contributed by atoms with Gasteiger partial charge in [0.1, 0.15) is 0 Å². The summed E-state index contributed by atoms with van der Waals surface area (Å²) in [6, 6.07) is 7.44. The van der Waals surface area contributed by atoms with Crippen LogP contribution in [0, 0.1) is 5.92 Å². The number of rotatable bonds is 8. The SMILES string of the molecule is CCC(CCO)CNCc1ccccc1C(=O)OC. The monoisotopic (exact) mass is 265 g/mol. The maximum atomic E-state index is 11.6. The van der Waals surface area contributed by atoms with Crippen molar-refractivity contribution in [2.24, 2.45) is 5.92 Å². The van der Waals surface area contributed by atoms with Crippen molar-refractivity contribution in [2.45, 2.75) is 26.3 Å². The van der Waals surface area contributed by atoms with Crippen molar-refractivity contribution in [3.63, 3.8) is 0 Å². The van der Waals surface area contributed by atoms with E-state index in [1.807, 2.05) is 18.2 Å². The summed E-state index contributed by atoms with van der Waals surface area (Å²) in [6.45, 7) is 3.81. The smallest absolute Gasteiger partial charge is 0.338 e. The van der Waals surface area contributed by atoms with Crippen LogP contribution in [0.1, 0.15) is 35.7 Å². The van der Waals surface area contributed by atoms with Gasteiger partial charge in [-0.3, -0.25) is 0 Å². The van der Waals surface area contributed by atoms with Crippen LogP contribution >= 0.6 is 0 Å². The summed E-state index contributed by atoms with van der Waals surface area (Å²) < 4.78 is 4.76. The number of nitrogens with one attached hydrogen (secondary N) is 1. The number of carbonyl (C=O) groups excluding carboxylic acids is 1. The molecule has 1 aromatic rings. The van der Waals surface area contributed by atoms with Crippen molar-refractivity contribution in [3.8, 4) is 0 Å². The lowest BCUT2D eigenvalue weighted by Crippen LogP contribution is -2.24. The number of carbonyl (C=O) groups is 1. The van der Waals surface area contributed by atoms with Gasteiger partial charge in [-0.2, -0.15) is 0 Å². The molecular formula is C15H23NO3. The van der Waals surface area contributed by atoms with Gasteiger partial charge in [-0.05, 0) is 30.5 Å². The van der Waals surface area contributed by atoms with E-state index in [0.29, 0.717) is 18.0 Å². The van der Waals surface area contributed by atoms with Crippen LogP contribution in [-0.4, -0.2) is 31.3 Å². The molecule has 0 heterocycles. The molecule has 0 saturated heterocycles. The molecule has 0 fully saturated rings. The quantitative estimate of drug-likeness (QED) is 0.706. The van der Waals surface area contributed by atoms with Gasteiger partial charge in [0.25, 0.3) is 0 Å². The molecule has 19 heavy (non-hydrogen) atoms. The van der Waals surface area contributed by atoms with E-state index < -0.39 is 0 Å². The fourth-order valence-electron chi connectivity index (χ4n) is 2.03. The number of benzene rings is 1. The Morgan fingerprint density at radius 1 is 1.42 bits per heavy atom. The van der Waals surface area contributed by atoms with E-state index in [4.69, 9.17) is 9.84 Å². The highest BCUT2D eigenvalue weighted by atomic mass is 16.5. The summed E-state index contributed by atoms with van der Waals surface area (Å²) in [5.41, 5.74) is 1.54. The topological polar surface area (TPSA) is 58.6 Å². The Bertz CT molecular complexity index is 393. The molecule has 0 saturated carbocycles. The molecule has 1 atom stereocenters. The summed E-state index contributed by atoms with van der Waals surface area (Å²) >= 11 is 0. The van der Waals surface area contributed by atoms with E-state index in [-0.39, 0.29) is 12.6 Å². The van der Waals surface area contributed by atoms with E-state index in [9.17, 15) is 4.79 Å². The molecule has 1 aromatic carbocycles. The highest BCUT2D eigenvalue weighted by molar-refractivity contribution is 5.90. The molecule has 0 spiro atoms. The fourth-order valence-corrected chi connectivity index (χ4v) is 2.03. The molecule has 0 amide bonds. The predicted molar refractivity (Wildman–Crippen MR) is 75.0 cm³/mol. The molecule has 1 rings (SSSR count). The third kappa shape index (κ3) is 5.01. The maximum absolute atomic E-state index is 11.6. The first-order valence-corrected chi connectivity index (χ1v) is 6.70. The number of esters is 1. The number of hydrogen-bond donors (Lipinski definition) is 2. The van der Waals surface area contributed by atoms with Crippen LogP contribution in [0.3, 0.4) is 0 Å². The average molecular weight is 265 g/mol. The fraction of sp³-hybridized carbons (Fsp3) is 0.533. The summed E-state index contributed by atoms with van der Waals surface area (Å²) in [5, 5.41) is 12.3. The van der Waals surface area contributed by atoms with Crippen molar-refractivity contribution in [1.82, 2.24) is 5.32 Å². The molecule has 4 nitrogen and oxygen atoms in total. The van der Waals surface area contributed by atoms with Crippen LogP contribution < -0.4 is 5.32 Å². The van der Waals surface area contributed by atoms with Gasteiger partial charge >= 0.3 is 5.97 Å². The number of aliphatic hydroxyl groups excluding tert-OH is 1. The van der Waals surface area contributed by atoms with Crippen LogP contribution in [0.4, 0.5) is 0 Å². The van der Waals surface area contributed by atoms with E-state index in [0.717, 1.165) is 24.9 Å². The van der Waals surface area contributed by atoms with Crippen LogP contribution in [0.5, 0.6) is 0 Å². The van der Waals surface area contributed by atoms with Gasteiger partial charge in [0.05, 0.1) is 12.7 Å². The third-order valence-electron chi connectivity index (χ3n) is 3.29. The van der Waals surface area contributed by atoms with E-state index in [2.05, 4.69) is 12.2 Å². The van der Waals surface area contributed by atoms with Gasteiger partial charge in [-0.1, -0.05) is 31.5 Å². The highest BCUT2D eigenvalue weighted by Crippen LogP contribution is 2.11. The van der Waals surface area contributed by atoms with Crippen LogP contribution in [0.2, 0.25) is 0 Å². The average Bonchev–Trinajstić information content (AvgIpc) is 2.46. The van der Waals surface area contributed by atoms with E-state index >= 15 is 0 Å². The van der Waals surface area contributed by atoms with Crippen molar-refractivity contribution >= 4 is 5.97 Å². The Morgan fingerprint density at radius 2 is 2.16 bits per heavy atom. The Morgan fingerprint density at radius 3 is 2.79 bits per heavy atom. The van der Waals surface area contributed by atoms with Gasteiger partial charge in [-0.15, -0.1) is 0 Å². The molecule has 0 radical (unpaired) electrons. The van der Waals surface area contributed by atoms with Crippen LogP contribution in [-0.2, 0) is 11.3 Å². The van der Waals surface area contributed by atoms with Crippen LogP contribution in [0.25, 0.3) is 0 Å². The molecule has 4 heteroatoms. The van der Waals surface area contributed by atoms with Crippen molar-refractivity contribution in [1.29, 1.82) is 0 Å². The van der Waals surface area contributed by atoms with E-state index in [1.165, 1.54) is 7.11 Å². The second kappa shape index (κ2) is 8.67. The van der Waals surface area contributed by atoms with Gasteiger partial charge in [0, 0.05) is 13.2 Å². The molecule has 0 aliphatic carbocycles. The Hall–Kier alpha value is -1.39. The summed E-state index contributed by atoms with van der Waals surface area (Å²) in [4.78, 5) is 11.6. The lowest BCUT2D eigenvalue weighted by Gasteiger charge is -2.15. The molecular weight excluding hydrogens is 242 g/mol. The van der Waals surface area contributed by atoms with Gasteiger partial charge < -0.3 is 15.2 Å². The zero-order valence-corrected chi connectivity index (χ0v) is 11.7. The number of aliphatic hydroxyl groups is 1. The molecule has 1 unspecified atom stereocenters. The number of methoxy groups -OCH3 is 1. The third-order valence-corrected chi connectivity index (χ3v) is 3.29. The zero-order chi connectivity index (χ0) is 14.1. The molecule has 106 valence electrons. The van der Waals surface area contributed by atoms with Crippen molar-refractivity contribution < 1.29 is 14.6 Å². The second-order valence-corrected chi connectivity index (χ2v) is 4.57. The first kappa shape index (κ1) is 15.7. The largest absolute Gasteiger partial charge is 0.465 e. The minimum absolute atomic E-state index is 0.221. The molecule has 0 bridgehead atoms. The second-order valence-electron chi connectivity index (χ2n) is 4.57. The lowest BCUT2D eigenvalue weighted by molar-refractivity contribution is 0.0599. The number of hydrogen-bond acceptors (Lipinski definition) is 4. The van der Waals surface area contributed by atoms with Crippen molar-refractivity contribution in [3.05, 3.63) is 35.4 Å². The minimum atomic E-state index is -0.306. The first-order chi connectivity index (χ1) is 9.22. The summed E-state index contributed by atoms with van der Waals surface area (Å²) in [6.07, 6.45) is 1.84. The first-order valence-electron chi connectivity index (χ1n) is 6.70. The van der Waals surface area contributed by atoms with Gasteiger partial charge in [0.2, 0.25) is 0 Å². The zero-order valence-electron chi connectivity index (χ0n) is 11.7. The lowest BCUT2D eigenvalue weighted by atomic mass is 10.0. The predicted octanol–water partition coefficient (Wildman–Crippen LogP) is 1.97. The number of ether oxygens (including phenoxy) is 1. The molecule has 0 aliphatic heterocycles. The standard InChI is InChI=1S/C15H23NO3/c1-3-12(8-9-17)10-16-11-13-6-4-5-7-14(13)15(18)19-2/h4-7,12,16-17H,3,8-11H2,1-2H3. The minimum Gasteiger partial charge on any atom is -0.465 e.